The minimum atomic E-state index is -0.315. The van der Waals surface area contributed by atoms with Crippen LogP contribution in [0.3, 0.4) is 0 Å². The Labute approximate surface area is 138 Å². The maximum Gasteiger partial charge on any atom is 0.275 e. The molecule has 0 spiro atoms. The highest BCUT2D eigenvalue weighted by Gasteiger charge is 2.12. The van der Waals surface area contributed by atoms with E-state index in [1.54, 1.807) is 12.1 Å². The Bertz CT molecular complexity index is 709. The van der Waals surface area contributed by atoms with Crippen LogP contribution >= 0.6 is 15.9 Å². The van der Waals surface area contributed by atoms with Gasteiger partial charge in [0.25, 0.3) is 5.91 Å². The standard InChI is InChI=1S/C17H17BrN2O2/c1-11-4-6-13(7-5-11)12(2)19-20-17(21)15-10-14(18)8-9-16(15)22-3/h4-10H,1-3H3,(H,20,21). The molecule has 0 atom stereocenters. The van der Waals surface area contributed by atoms with Gasteiger partial charge in [-0.1, -0.05) is 45.8 Å². The second kappa shape index (κ2) is 7.22. The first-order valence-electron chi connectivity index (χ1n) is 6.76. The first-order valence-corrected chi connectivity index (χ1v) is 7.56. The second-order valence-corrected chi connectivity index (χ2v) is 5.76. The highest BCUT2D eigenvalue weighted by Crippen LogP contribution is 2.22. The van der Waals surface area contributed by atoms with Crippen LogP contribution in [0.4, 0.5) is 0 Å². The molecular weight excluding hydrogens is 344 g/mol. The van der Waals surface area contributed by atoms with Crippen LogP contribution < -0.4 is 10.2 Å². The number of amides is 1. The quantitative estimate of drug-likeness (QED) is 0.663. The van der Waals surface area contributed by atoms with Gasteiger partial charge in [0.2, 0.25) is 0 Å². The Balaban J connectivity index is 2.17. The van der Waals surface area contributed by atoms with Crippen molar-refractivity contribution in [2.75, 3.05) is 7.11 Å². The van der Waals surface area contributed by atoms with Crippen molar-refractivity contribution in [3.05, 3.63) is 63.6 Å². The number of rotatable bonds is 4. The summed E-state index contributed by atoms with van der Waals surface area (Å²) in [5.41, 5.74) is 5.87. The lowest BCUT2D eigenvalue weighted by Gasteiger charge is -2.08. The summed E-state index contributed by atoms with van der Waals surface area (Å²) in [7, 11) is 1.53. The summed E-state index contributed by atoms with van der Waals surface area (Å²) in [6.45, 7) is 3.88. The van der Waals surface area contributed by atoms with Gasteiger partial charge in [-0.2, -0.15) is 5.10 Å². The van der Waals surface area contributed by atoms with Gasteiger partial charge < -0.3 is 4.74 Å². The molecule has 0 fully saturated rings. The predicted molar refractivity (Wildman–Crippen MR) is 91.6 cm³/mol. The Morgan fingerprint density at radius 1 is 1.18 bits per heavy atom. The minimum absolute atomic E-state index is 0.315. The molecule has 0 aliphatic carbocycles. The van der Waals surface area contributed by atoms with Gasteiger partial charge in [0.15, 0.2) is 0 Å². The monoisotopic (exact) mass is 360 g/mol. The molecule has 0 saturated heterocycles. The van der Waals surface area contributed by atoms with E-state index in [0.717, 1.165) is 15.7 Å². The van der Waals surface area contributed by atoms with E-state index in [0.29, 0.717) is 11.3 Å². The van der Waals surface area contributed by atoms with E-state index in [9.17, 15) is 4.79 Å². The maximum absolute atomic E-state index is 12.2. The number of nitrogens with zero attached hydrogens (tertiary/aromatic N) is 1. The largest absolute Gasteiger partial charge is 0.496 e. The van der Waals surface area contributed by atoms with Crippen LogP contribution in [-0.4, -0.2) is 18.7 Å². The third kappa shape index (κ3) is 3.95. The van der Waals surface area contributed by atoms with Crippen molar-refractivity contribution in [3.8, 4) is 5.75 Å². The molecule has 0 heterocycles. The molecule has 1 N–H and O–H groups in total. The van der Waals surface area contributed by atoms with Crippen molar-refractivity contribution in [1.29, 1.82) is 0 Å². The highest BCUT2D eigenvalue weighted by atomic mass is 79.9. The lowest BCUT2D eigenvalue weighted by atomic mass is 10.1. The number of methoxy groups -OCH3 is 1. The molecule has 0 aliphatic heterocycles. The zero-order chi connectivity index (χ0) is 16.1. The molecule has 1 amide bonds. The lowest BCUT2D eigenvalue weighted by molar-refractivity contribution is 0.0951. The smallest absolute Gasteiger partial charge is 0.275 e. The zero-order valence-corrected chi connectivity index (χ0v) is 14.3. The lowest BCUT2D eigenvalue weighted by Crippen LogP contribution is -2.20. The molecule has 0 saturated carbocycles. The van der Waals surface area contributed by atoms with Crippen molar-refractivity contribution >= 4 is 27.5 Å². The molecule has 0 unspecified atom stereocenters. The number of ether oxygens (including phenoxy) is 1. The van der Waals surface area contributed by atoms with Crippen LogP contribution in [0.25, 0.3) is 0 Å². The van der Waals surface area contributed by atoms with Crippen molar-refractivity contribution < 1.29 is 9.53 Å². The number of benzene rings is 2. The molecule has 4 nitrogen and oxygen atoms in total. The number of hydrogen-bond acceptors (Lipinski definition) is 3. The molecule has 22 heavy (non-hydrogen) atoms. The van der Waals surface area contributed by atoms with E-state index in [4.69, 9.17) is 4.74 Å². The van der Waals surface area contributed by atoms with Crippen LogP contribution in [0, 0.1) is 6.92 Å². The summed E-state index contributed by atoms with van der Waals surface area (Å²) in [5, 5.41) is 4.15. The van der Waals surface area contributed by atoms with E-state index in [-0.39, 0.29) is 5.91 Å². The van der Waals surface area contributed by atoms with Gasteiger partial charge in [0.05, 0.1) is 18.4 Å². The fourth-order valence-corrected chi connectivity index (χ4v) is 2.27. The molecule has 0 aromatic heterocycles. The molecule has 114 valence electrons. The van der Waals surface area contributed by atoms with E-state index in [1.807, 2.05) is 44.2 Å². The van der Waals surface area contributed by atoms with E-state index in [1.165, 1.54) is 12.7 Å². The first-order chi connectivity index (χ1) is 10.5. The topological polar surface area (TPSA) is 50.7 Å². The summed E-state index contributed by atoms with van der Waals surface area (Å²) < 4.78 is 6.00. The molecule has 5 heteroatoms. The third-order valence-electron chi connectivity index (χ3n) is 3.20. The first kappa shape index (κ1) is 16.2. The molecule has 2 aromatic carbocycles. The molecule has 0 bridgehead atoms. The maximum atomic E-state index is 12.2. The fraction of sp³-hybridized carbons (Fsp3) is 0.176. The van der Waals surface area contributed by atoms with Gasteiger partial charge in [-0.05, 0) is 37.6 Å². The van der Waals surface area contributed by atoms with Crippen molar-refractivity contribution in [3.63, 3.8) is 0 Å². The van der Waals surface area contributed by atoms with Gasteiger partial charge in [0.1, 0.15) is 5.75 Å². The summed E-state index contributed by atoms with van der Waals surface area (Å²) in [4.78, 5) is 12.2. The summed E-state index contributed by atoms with van der Waals surface area (Å²) >= 11 is 3.35. The van der Waals surface area contributed by atoms with Crippen LogP contribution in [0.2, 0.25) is 0 Å². The Morgan fingerprint density at radius 2 is 1.86 bits per heavy atom. The van der Waals surface area contributed by atoms with E-state index < -0.39 is 0 Å². The molecule has 2 rings (SSSR count). The number of nitrogens with one attached hydrogen (secondary N) is 1. The second-order valence-electron chi connectivity index (χ2n) is 4.85. The number of aryl methyl sites for hydroxylation is 1. The number of hydrazone groups is 1. The Morgan fingerprint density at radius 3 is 2.50 bits per heavy atom. The van der Waals surface area contributed by atoms with E-state index >= 15 is 0 Å². The van der Waals surface area contributed by atoms with Crippen molar-refractivity contribution in [1.82, 2.24) is 5.43 Å². The summed E-state index contributed by atoms with van der Waals surface area (Å²) in [6.07, 6.45) is 0. The Kier molecular flexibility index (Phi) is 5.33. The average molecular weight is 361 g/mol. The third-order valence-corrected chi connectivity index (χ3v) is 3.69. The molecule has 0 radical (unpaired) electrons. The van der Waals surface area contributed by atoms with Crippen molar-refractivity contribution in [2.24, 2.45) is 5.10 Å². The average Bonchev–Trinajstić information content (AvgIpc) is 2.53. The Hall–Kier alpha value is -2.14. The van der Waals surface area contributed by atoms with Gasteiger partial charge >= 0.3 is 0 Å². The SMILES string of the molecule is COc1ccc(Br)cc1C(=O)NN=C(C)c1ccc(C)cc1. The van der Waals surface area contributed by atoms with Crippen LogP contribution in [0.5, 0.6) is 5.75 Å². The summed E-state index contributed by atoms with van der Waals surface area (Å²) in [5.74, 6) is 0.188. The number of halogens is 1. The number of hydrogen-bond donors (Lipinski definition) is 1. The molecule has 2 aromatic rings. The number of carbonyl (C=O) groups excluding carboxylic acids is 1. The molecule has 0 aliphatic rings. The number of carbonyl (C=O) groups is 1. The van der Waals surface area contributed by atoms with Gasteiger partial charge in [-0.15, -0.1) is 0 Å². The fourth-order valence-electron chi connectivity index (χ4n) is 1.91. The summed E-state index contributed by atoms with van der Waals surface area (Å²) in [6, 6.07) is 13.2. The highest BCUT2D eigenvalue weighted by molar-refractivity contribution is 9.10. The zero-order valence-electron chi connectivity index (χ0n) is 12.7. The van der Waals surface area contributed by atoms with Gasteiger partial charge in [0, 0.05) is 4.47 Å². The van der Waals surface area contributed by atoms with Crippen LogP contribution in [-0.2, 0) is 0 Å². The van der Waals surface area contributed by atoms with Crippen molar-refractivity contribution in [2.45, 2.75) is 13.8 Å². The molecular formula is C17H17BrN2O2. The van der Waals surface area contributed by atoms with Gasteiger partial charge in [-0.3, -0.25) is 4.79 Å². The van der Waals surface area contributed by atoms with Gasteiger partial charge in [-0.25, -0.2) is 5.43 Å². The van der Waals surface area contributed by atoms with E-state index in [2.05, 4.69) is 26.5 Å². The predicted octanol–water partition coefficient (Wildman–Crippen LogP) is 3.92. The normalized spacial score (nSPS) is 11.2. The minimum Gasteiger partial charge on any atom is -0.496 e. The van der Waals surface area contributed by atoms with Crippen LogP contribution in [0.1, 0.15) is 28.4 Å². The van der Waals surface area contributed by atoms with Crippen LogP contribution in [0.15, 0.2) is 52.0 Å².